The third-order valence-electron chi connectivity index (χ3n) is 7.35. The van der Waals surface area contributed by atoms with Crippen LogP contribution in [-0.2, 0) is 9.47 Å². The number of rotatable bonds is 6. The van der Waals surface area contributed by atoms with Crippen LogP contribution in [0.15, 0.2) is 52.8 Å². The van der Waals surface area contributed by atoms with Gasteiger partial charge in [-0.05, 0) is 44.3 Å². The fraction of sp³-hybridized carbons (Fsp3) is 0.536. The summed E-state index contributed by atoms with van der Waals surface area (Å²) >= 11 is 0. The van der Waals surface area contributed by atoms with Gasteiger partial charge < -0.3 is 33.8 Å². The minimum atomic E-state index is 0.0692. The second kappa shape index (κ2) is 10.6. The Morgan fingerprint density at radius 2 is 1.78 bits per heavy atom. The summed E-state index contributed by atoms with van der Waals surface area (Å²) in [4.78, 5) is 14.7. The van der Waals surface area contributed by atoms with Crippen LogP contribution in [0.25, 0.3) is 10.8 Å². The van der Waals surface area contributed by atoms with Gasteiger partial charge in [-0.3, -0.25) is 0 Å². The molecule has 194 valence electrons. The second-order valence-corrected chi connectivity index (χ2v) is 10.2. The summed E-state index contributed by atoms with van der Waals surface area (Å²) < 4.78 is 17.3. The standard InChI is InChI=1S/C28H39N5O3/c1-20(2)36-28-29-27(32-14-12-30(3)13-15-32)24-10-11-33(18-26(24)31(28)4)25-17-22(35-19-34-5)16-21-8-6-7-9-23(21)25/h6-9,16-17,20,26H,10-15,18-19H2,1-5H3/t26-/m1/s1. The third kappa shape index (κ3) is 4.97. The lowest BCUT2D eigenvalue weighted by molar-refractivity contribution is 0.0512. The van der Waals surface area contributed by atoms with Crippen LogP contribution in [0.2, 0.25) is 0 Å². The van der Waals surface area contributed by atoms with Crippen molar-refractivity contribution < 1.29 is 14.2 Å². The molecule has 2 saturated heterocycles. The van der Waals surface area contributed by atoms with Gasteiger partial charge >= 0.3 is 0 Å². The molecule has 0 spiro atoms. The van der Waals surface area contributed by atoms with E-state index in [-0.39, 0.29) is 18.9 Å². The number of aliphatic imine (C=N–C) groups is 1. The molecule has 0 radical (unpaired) electrons. The number of anilines is 1. The van der Waals surface area contributed by atoms with Gasteiger partial charge in [0.15, 0.2) is 6.79 Å². The van der Waals surface area contributed by atoms with Gasteiger partial charge in [0.1, 0.15) is 11.6 Å². The van der Waals surface area contributed by atoms with E-state index in [0.29, 0.717) is 0 Å². The minimum Gasteiger partial charge on any atom is -0.467 e. The van der Waals surface area contributed by atoms with E-state index < -0.39 is 0 Å². The van der Waals surface area contributed by atoms with Crippen LogP contribution in [0.4, 0.5) is 5.69 Å². The number of nitrogens with zero attached hydrogens (tertiary/aromatic N) is 5. The zero-order valence-corrected chi connectivity index (χ0v) is 22.2. The smallest absolute Gasteiger partial charge is 0.294 e. The predicted octanol–water partition coefficient (Wildman–Crippen LogP) is 3.59. The number of likely N-dealkylation sites (N-methyl/N-ethyl adjacent to an activating group) is 2. The molecule has 2 aromatic rings. The van der Waals surface area contributed by atoms with E-state index in [1.807, 2.05) is 0 Å². The summed E-state index contributed by atoms with van der Waals surface area (Å²) in [6.07, 6.45) is 1.03. The van der Waals surface area contributed by atoms with Crippen molar-refractivity contribution in [1.29, 1.82) is 0 Å². The molecule has 2 fully saturated rings. The normalized spacial score (nSPS) is 21.2. The van der Waals surface area contributed by atoms with Gasteiger partial charge in [-0.15, -0.1) is 0 Å². The van der Waals surface area contributed by atoms with Crippen LogP contribution in [0.1, 0.15) is 20.3 Å². The van der Waals surface area contributed by atoms with Crippen molar-refractivity contribution in [3.05, 3.63) is 47.8 Å². The summed E-state index contributed by atoms with van der Waals surface area (Å²) in [5.41, 5.74) is 2.62. The summed E-state index contributed by atoms with van der Waals surface area (Å²) in [6, 6.07) is 13.7. The molecule has 0 N–H and O–H groups in total. The van der Waals surface area contributed by atoms with Gasteiger partial charge in [-0.2, -0.15) is 4.99 Å². The van der Waals surface area contributed by atoms with Gasteiger partial charge in [0.2, 0.25) is 0 Å². The molecular weight excluding hydrogens is 454 g/mol. The number of fused-ring (bicyclic) bond motifs is 2. The van der Waals surface area contributed by atoms with Gasteiger partial charge in [0.25, 0.3) is 6.02 Å². The molecule has 0 unspecified atom stereocenters. The van der Waals surface area contributed by atoms with Crippen LogP contribution in [0.3, 0.4) is 0 Å². The fourth-order valence-electron chi connectivity index (χ4n) is 5.39. The molecule has 0 amide bonds. The van der Waals surface area contributed by atoms with Crippen LogP contribution in [0.5, 0.6) is 5.75 Å². The zero-order chi connectivity index (χ0) is 25.2. The Kier molecular flexibility index (Phi) is 7.25. The van der Waals surface area contributed by atoms with Crippen molar-refractivity contribution in [2.24, 2.45) is 4.99 Å². The first kappa shape index (κ1) is 24.7. The van der Waals surface area contributed by atoms with Crippen LogP contribution >= 0.6 is 0 Å². The Balaban J connectivity index is 1.49. The largest absolute Gasteiger partial charge is 0.467 e. The van der Waals surface area contributed by atoms with Crippen LogP contribution < -0.4 is 9.64 Å². The molecular formula is C28H39N5O3. The SMILES string of the molecule is COCOc1cc(N2CCC3=C(N4CCN(C)CC4)N=C(OC(C)C)N(C)[C@@H]3C2)c2ccccc2c1. The lowest BCUT2D eigenvalue weighted by Gasteiger charge is -2.46. The number of methoxy groups -OCH3 is 1. The molecule has 36 heavy (non-hydrogen) atoms. The first-order chi connectivity index (χ1) is 17.4. The highest BCUT2D eigenvalue weighted by Crippen LogP contribution is 2.37. The quantitative estimate of drug-likeness (QED) is 0.570. The first-order valence-corrected chi connectivity index (χ1v) is 13.0. The van der Waals surface area contributed by atoms with E-state index in [4.69, 9.17) is 19.2 Å². The zero-order valence-electron chi connectivity index (χ0n) is 22.2. The van der Waals surface area contributed by atoms with Crippen molar-refractivity contribution in [3.8, 4) is 5.75 Å². The molecule has 8 heteroatoms. The van der Waals surface area contributed by atoms with Crippen molar-refractivity contribution >= 4 is 22.5 Å². The van der Waals surface area contributed by atoms with Gasteiger partial charge in [-0.1, -0.05) is 24.3 Å². The minimum absolute atomic E-state index is 0.0692. The number of amidine groups is 1. The highest BCUT2D eigenvalue weighted by Gasteiger charge is 2.38. The molecule has 1 atom stereocenters. The van der Waals surface area contributed by atoms with Crippen molar-refractivity contribution in [3.63, 3.8) is 0 Å². The average Bonchev–Trinajstić information content (AvgIpc) is 2.88. The lowest BCUT2D eigenvalue weighted by atomic mass is 9.94. The Labute approximate surface area is 214 Å². The monoisotopic (exact) mass is 493 g/mol. The molecule has 3 heterocycles. The van der Waals surface area contributed by atoms with E-state index in [1.165, 1.54) is 22.0 Å². The topological polar surface area (TPSA) is 53.0 Å². The number of piperazine rings is 1. The highest BCUT2D eigenvalue weighted by molar-refractivity contribution is 5.96. The molecule has 0 bridgehead atoms. The van der Waals surface area contributed by atoms with E-state index in [2.05, 4.69) is 83.9 Å². The molecule has 3 aliphatic rings. The number of hydrogen-bond acceptors (Lipinski definition) is 8. The van der Waals surface area contributed by atoms with E-state index in [9.17, 15) is 0 Å². The Morgan fingerprint density at radius 3 is 2.53 bits per heavy atom. The first-order valence-electron chi connectivity index (χ1n) is 13.0. The molecule has 2 aromatic carbocycles. The maximum absolute atomic E-state index is 6.22. The number of piperidine rings is 1. The van der Waals surface area contributed by atoms with Crippen molar-refractivity contribution in [2.75, 3.05) is 72.2 Å². The maximum atomic E-state index is 6.22. The average molecular weight is 494 g/mol. The predicted molar refractivity (Wildman–Crippen MR) is 145 cm³/mol. The number of benzene rings is 2. The summed E-state index contributed by atoms with van der Waals surface area (Å²) in [7, 11) is 5.96. The summed E-state index contributed by atoms with van der Waals surface area (Å²) in [6.45, 7) is 10.3. The van der Waals surface area contributed by atoms with E-state index in [1.54, 1.807) is 7.11 Å². The Bertz CT molecular complexity index is 1140. The lowest BCUT2D eigenvalue weighted by Crippen LogP contribution is -2.55. The third-order valence-corrected chi connectivity index (χ3v) is 7.35. The summed E-state index contributed by atoms with van der Waals surface area (Å²) in [5, 5.41) is 2.41. The fourth-order valence-corrected chi connectivity index (χ4v) is 5.39. The Morgan fingerprint density at radius 1 is 1.00 bits per heavy atom. The molecule has 0 aliphatic carbocycles. The van der Waals surface area contributed by atoms with Gasteiger partial charge in [-0.25, -0.2) is 0 Å². The Hall–Kier alpha value is -2.97. The maximum Gasteiger partial charge on any atom is 0.294 e. The highest BCUT2D eigenvalue weighted by atomic mass is 16.7. The van der Waals surface area contributed by atoms with Crippen LogP contribution in [0, 0.1) is 0 Å². The molecule has 0 aromatic heterocycles. The van der Waals surface area contributed by atoms with Crippen LogP contribution in [-0.4, -0.2) is 100 Å². The summed E-state index contributed by atoms with van der Waals surface area (Å²) in [5.74, 6) is 1.95. The van der Waals surface area contributed by atoms with Crippen molar-refractivity contribution in [1.82, 2.24) is 14.7 Å². The molecule has 3 aliphatic heterocycles. The van der Waals surface area contributed by atoms with Gasteiger partial charge in [0, 0.05) is 70.6 Å². The van der Waals surface area contributed by atoms with Gasteiger partial charge in [0.05, 0.1) is 12.1 Å². The molecule has 5 rings (SSSR count). The number of hydrogen-bond donors (Lipinski definition) is 0. The number of ether oxygens (including phenoxy) is 3. The molecule has 0 saturated carbocycles. The van der Waals surface area contributed by atoms with E-state index >= 15 is 0 Å². The molecule has 8 nitrogen and oxygen atoms in total. The second-order valence-electron chi connectivity index (χ2n) is 10.2. The van der Waals surface area contributed by atoms with Crippen molar-refractivity contribution in [2.45, 2.75) is 32.4 Å². The van der Waals surface area contributed by atoms with E-state index in [0.717, 1.165) is 63.3 Å².